The van der Waals surface area contributed by atoms with Crippen molar-refractivity contribution in [1.29, 1.82) is 0 Å². The van der Waals surface area contributed by atoms with E-state index in [2.05, 4.69) is 30.9 Å². The van der Waals surface area contributed by atoms with E-state index in [1.165, 1.54) is 6.33 Å². The molecule has 3 aromatic rings. The van der Waals surface area contributed by atoms with Gasteiger partial charge in [-0.2, -0.15) is 0 Å². The number of nitrogens with two attached hydrogens (primary N) is 1. The molecule has 0 fully saturated rings. The molecule has 2 N–H and O–H groups in total. The van der Waals surface area contributed by atoms with Crippen molar-refractivity contribution in [1.82, 2.24) is 19.4 Å². The van der Waals surface area contributed by atoms with Gasteiger partial charge >= 0.3 is 0 Å². The summed E-state index contributed by atoms with van der Waals surface area (Å²) < 4.78 is 2.84. The van der Waals surface area contributed by atoms with Crippen molar-refractivity contribution in [2.24, 2.45) is 0 Å². The van der Waals surface area contributed by atoms with Crippen molar-refractivity contribution in [2.45, 2.75) is 6.92 Å². The molecule has 90 valence electrons. The van der Waals surface area contributed by atoms with Gasteiger partial charge in [0, 0.05) is 16.9 Å². The summed E-state index contributed by atoms with van der Waals surface area (Å²) in [6, 6.07) is 3.77. The summed E-state index contributed by atoms with van der Waals surface area (Å²) in [4.78, 5) is 12.6. The van der Waals surface area contributed by atoms with E-state index in [0.29, 0.717) is 11.5 Å². The van der Waals surface area contributed by atoms with Crippen LogP contribution in [0.4, 0.5) is 5.82 Å². The molecule has 6 heteroatoms. The lowest BCUT2D eigenvalue weighted by molar-refractivity contribution is 1.16. The predicted octanol–water partition coefficient (Wildman–Crippen LogP) is 2.44. The SMILES string of the molecule is Cc1cc2nc(-c3ccncn3)c(N)n2cc1Br. The summed E-state index contributed by atoms with van der Waals surface area (Å²) in [6.07, 6.45) is 5.07. The van der Waals surface area contributed by atoms with Crippen LogP contribution in [-0.4, -0.2) is 19.4 Å². The number of aryl methyl sites for hydroxylation is 1. The maximum Gasteiger partial charge on any atom is 0.139 e. The molecule has 0 aliphatic heterocycles. The number of imidazole rings is 1. The zero-order valence-electron chi connectivity index (χ0n) is 9.63. The Hall–Kier alpha value is -1.95. The largest absolute Gasteiger partial charge is 0.383 e. The summed E-state index contributed by atoms with van der Waals surface area (Å²) in [5, 5.41) is 0. The molecule has 18 heavy (non-hydrogen) atoms. The highest BCUT2D eigenvalue weighted by Gasteiger charge is 2.13. The van der Waals surface area contributed by atoms with Crippen LogP contribution in [-0.2, 0) is 0 Å². The Balaban J connectivity index is 2.30. The number of fused-ring (bicyclic) bond motifs is 1. The zero-order valence-corrected chi connectivity index (χ0v) is 11.2. The van der Waals surface area contributed by atoms with Crippen molar-refractivity contribution in [3.05, 3.63) is 40.9 Å². The van der Waals surface area contributed by atoms with Crippen LogP contribution in [0.5, 0.6) is 0 Å². The van der Waals surface area contributed by atoms with E-state index in [-0.39, 0.29) is 0 Å². The van der Waals surface area contributed by atoms with Crippen LogP contribution in [0.1, 0.15) is 5.56 Å². The van der Waals surface area contributed by atoms with Gasteiger partial charge in [-0.25, -0.2) is 15.0 Å². The van der Waals surface area contributed by atoms with Gasteiger partial charge in [0.15, 0.2) is 0 Å². The average Bonchev–Trinajstić information content (AvgIpc) is 2.69. The van der Waals surface area contributed by atoms with Crippen LogP contribution in [0.15, 0.2) is 35.3 Å². The second-order valence-corrected chi connectivity index (χ2v) is 4.83. The monoisotopic (exact) mass is 303 g/mol. The van der Waals surface area contributed by atoms with E-state index in [1.807, 2.05) is 23.6 Å². The molecule has 0 bridgehead atoms. The van der Waals surface area contributed by atoms with Crippen LogP contribution >= 0.6 is 15.9 Å². The van der Waals surface area contributed by atoms with E-state index >= 15 is 0 Å². The van der Waals surface area contributed by atoms with E-state index in [0.717, 1.165) is 21.4 Å². The molecule has 0 unspecified atom stereocenters. The van der Waals surface area contributed by atoms with Gasteiger partial charge in [0.2, 0.25) is 0 Å². The maximum absolute atomic E-state index is 6.11. The number of pyridine rings is 1. The van der Waals surface area contributed by atoms with E-state index < -0.39 is 0 Å². The molecule has 3 heterocycles. The second kappa shape index (κ2) is 4.06. The Kier molecular flexibility index (Phi) is 2.52. The molecule has 0 aliphatic carbocycles. The molecular formula is C12H10BrN5. The van der Waals surface area contributed by atoms with E-state index in [1.54, 1.807) is 12.3 Å². The Morgan fingerprint density at radius 3 is 2.94 bits per heavy atom. The highest BCUT2D eigenvalue weighted by molar-refractivity contribution is 9.10. The van der Waals surface area contributed by atoms with Gasteiger partial charge in [-0.05, 0) is 40.5 Å². The number of halogens is 1. The summed E-state index contributed by atoms with van der Waals surface area (Å²) in [7, 11) is 0. The number of anilines is 1. The molecule has 0 saturated carbocycles. The van der Waals surface area contributed by atoms with Gasteiger partial charge in [-0.15, -0.1) is 0 Å². The molecule has 5 nitrogen and oxygen atoms in total. The quantitative estimate of drug-likeness (QED) is 0.749. The Bertz CT molecular complexity index is 720. The van der Waals surface area contributed by atoms with E-state index in [9.17, 15) is 0 Å². The van der Waals surface area contributed by atoms with Gasteiger partial charge in [-0.3, -0.25) is 4.40 Å². The number of aromatic nitrogens is 4. The first-order chi connectivity index (χ1) is 8.66. The first kappa shape index (κ1) is 11.2. The van der Waals surface area contributed by atoms with Crippen LogP contribution in [0, 0.1) is 6.92 Å². The smallest absolute Gasteiger partial charge is 0.139 e. The molecule has 0 amide bonds. The summed E-state index contributed by atoms with van der Waals surface area (Å²) >= 11 is 3.49. The van der Waals surface area contributed by atoms with Gasteiger partial charge in [-0.1, -0.05) is 0 Å². The number of hydrogen-bond acceptors (Lipinski definition) is 4. The molecular weight excluding hydrogens is 294 g/mol. The molecule has 0 saturated heterocycles. The lowest BCUT2D eigenvalue weighted by atomic mass is 10.3. The molecule has 0 atom stereocenters. The molecule has 3 aromatic heterocycles. The van der Waals surface area contributed by atoms with Crippen LogP contribution in [0.25, 0.3) is 17.0 Å². The van der Waals surface area contributed by atoms with Gasteiger partial charge in [0.05, 0.1) is 5.69 Å². The third-order valence-electron chi connectivity index (χ3n) is 2.76. The third-order valence-corrected chi connectivity index (χ3v) is 3.59. The topological polar surface area (TPSA) is 69.1 Å². The van der Waals surface area contributed by atoms with Gasteiger partial charge in [0.1, 0.15) is 23.5 Å². The number of nitrogen functional groups attached to an aromatic ring is 1. The first-order valence-electron chi connectivity index (χ1n) is 5.37. The highest BCUT2D eigenvalue weighted by atomic mass is 79.9. The highest BCUT2D eigenvalue weighted by Crippen LogP contribution is 2.27. The Morgan fingerprint density at radius 2 is 2.22 bits per heavy atom. The van der Waals surface area contributed by atoms with Crippen molar-refractivity contribution >= 4 is 27.4 Å². The van der Waals surface area contributed by atoms with Crippen molar-refractivity contribution in [3.63, 3.8) is 0 Å². The van der Waals surface area contributed by atoms with Gasteiger partial charge in [0.25, 0.3) is 0 Å². The lowest BCUT2D eigenvalue weighted by Gasteiger charge is -2.01. The fourth-order valence-electron chi connectivity index (χ4n) is 1.80. The van der Waals surface area contributed by atoms with Crippen LogP contribution < -0.4 is 5.73 Å². The normalized spacial score (nSPS) is 11.0. The Labute approximate surface area is 112 Å². The van der Waals surface area contributed by atoms with Crippen LogP contribution in [0.3, 0.4) is 0 Å². The average molecular weight is 304 g/mol. The van der Waals surface area contributed by atoms with Crippen molar-refractivity contribution in [2.75, 3.05) is 5.73 Å². The number of nitrogens with zero attached hydrogens (tertiary/aromatic N) is 4. The lowest BCUT2D eigenvalue weighted by Crippen LogP contribution is -1.95. The molecule has 0 aromatic carbocycles. The first-order valence-corrected chi connectivity index (χ1v) is 6.16. The fraction of sp³-hybridized carbons (Fsp3) is 0.0833. The van der Waals surface area contributed by atoms with Crippen molar-refractivity contribution < 1.29 is 0 Å². The number of hydrogen-bond donors (Lipinski definition) is 1. The minimum atomic E-state index is 0.574. The third kappa shape index (κ3) is 1.65. The molecule has 0 radical (unpaired) electrons. The summed E-state index contributed by atoms with van der Waals surface area (Å²) in [5.41, 5.74) is 9.43. The minimum absolute atomic E-state index is 0.574. The minimum Gasteiger partial charge on any atom is -0.383 e. The van der Waals surface area contributed by atoms with Crippen LogP contribution in [0.2, 0.25) is 0 Å². The van der Waals surface area contributed by atoms with Crippen molar-refractivity contribution in [3.8, 4) is 11.4 Å². The molecule has 0 aliphatic rings. The Morgan fingerprint density at radius 1 is 1.39 bits per heavy atom. The van der Waals surface area contributed by atoms with Gasteiger partial charge < -0.3 is 5.73 Å². The molecule has 3 rings (SSSR count). The fourth-order valence-corrected chi connectivity index (χ4v) is 2.12. The summed E-state index contributed by atoms with van der Waals surface area (Å²) in [6.45, 7) is 2.01. The summed E-state index contributed by atoms with van der Waals surface area (Å²) in [5.74, 6) is 0.574. The predicted molar refractivity (Wildman–Crippen MR) is 73.1 cm³/mol. The second-order valence-electron chi connectivity index (χ2n) is 3.97. The maximum atomic E-state index is 6.11. The van der Waals surface area contributed by atoms with E-state index in [4.69, 9.17) is 5.73 Å². The standard InChI is InChI=1S/C12H10BrN5/c1-7-4-10-17-11(9-2-3-15-6-16-9)12(14)18(10)5-8(7)13/h2-6H,14H2,1H3. The number of rotatable bonds is 1. The molecule has 0 spiro atoms. The zero-order chi connectivity index (χ0) is 12.7.